The van der Waals surface area contributed by atoms with Crippen LogP contribution < -0.4 is 4.74 Å². The Labute approximate surface area is 116 Å². The van der Waals surface area contributed by atoms with Crippen LogP contribution in [-0.2, 0) is 0 Å². The highest BCUT2D eigenvalue weighted by molar-refractivity contribution is 5.85. The van der Waals surface area contributed by atoms with Gasteiger partial charge in [-0.2, -0.15) is 0 Å². The first-order valence-electron chi connectivity index (χ1n) is 6.22. The molecule has 0 aliphatic carbocycles. The number of rotatable bonds is 3. The lowest BCUT2D eigenvalue weighted by Gasteiger charge is -2.09. The highest BCUT2D eigenvalue weighted by Crippen LogP contribution is 2.32. The van der Waals surface area contributed by atoms with Gasteiger partial charge in [0.05, 0.1) is 7.11 Å². The number of nitrogens with zero attached hydrogens (tertiary/aromatic N) is 1. The molecule has 0 saturated heterocycles. The Morgan fingerprint density at radius 2 is 2.05 bits per heavy atom. The van der Waals surface area contributed by atoms with E-state index in [2.05, 4.69) is 4.98 Å². The summed E-state index contributed by atoms with van der Waals surface area (Å²) in [4.78, 5) is 15.3. The van der Waals surface area contributed by atoms with Gasteiger partial charge in [0.1, 0.15) is 17.6 Å². The average molecular weight is 267 g/mol. The van der Waals surface area contributed by atoms with Crippen molar-refractivity contribution in [1.82, 2.24) is 4.98 Å². The van der Waals surface area contributed by atoms with Crippen molar-refractivity contribution >= 4 is 17.4 Å². The van der Waals surface area contributed by atoms with Crippen LogP contribution in [0.2, 0.25) is 0 Å². The van der Waals surface area contributed by atoms with E-state index in [1.165, 1.54) is 0 Å². The molecular weight excluding hydrogens is 254 g/mol. The molecule has 0 amide bonds. The number of methoxy groups -OCH3 is 1. The smallest absolute Gasteiger partial charge is 0.192 e. The van der Waals surface area contributed by atoms with Crippen LogP contribution in [0.1, 0.15) is 16.2 Å². The Bertz CT molecular complexity index is 790. The lowest BCUT2D eigenvalue weighted by Crippen LogP contribution is -1.90. The van der Waals surface area contributed by atoms with Crippen molar-refractivity contribution in [2.24, 2.45) is 0 Å². The number of benzene rings is 2. The highest BCUT2D eigenvalue weighted by atomic mass is 16.5. The van der Waals surface area contributed by atoms with Crippen molar-refractivity contribution in [1.29, 1.82) is 0 Å². The third kappa shape index (κ3) is 2.05. The molecule has 2 aromatic carbocycles. The van der Waals surface area contributed by atoms with E-state index in [1.807, 2.05) is 25.1 Å². The molecule has 100 valence electrons. The van der Waals surface area contributed by atoms with Gasteiger partial charge in [0.25, 0.3) is 0 Å². The average Bonchev–Trinajstić information content (AvgIpc) is 2.85. The summed E-state index contributed by atoms with van der Waals surface area (Å²) >= 11 is 0. The lowest BCUT2D eigenvalue weighted by atomic mass is 10.0. The highest BCUT2D eigenvalue weighted by Gasteiger charge is 2.10. The maximum atomic E-state index is 10.9. The minimum absolute atomic E-state index is 0.609. The van der Waals surface area contributed by atoms with E-state index in [4.69, 9.17) is 9.15 Å². The molecule has 0 bridgehead atoms. The number of aldehydes is 1. The molecule has 4 heteroatoms. The number of hydrogen-bond acceptors (Lipinski definition) is 4. The molecular formula is C16H13NO3. The van der Waals surface area contributed by atoms with Gasteiger partial charge in [0.15, 0.2) is 11.5 Å². The second kappa shape index (κ2) is 4.81. The molecule has 4 nitrogen and oxygen atoms in total. The Hall–Kier alpha value is -2.62. The fraction of sp³-hybridized carbons (Fsp3) is 0.125. The van der Waals surface area contributed by atoms with Crippen molar-refractivity contribution in [2.45, 2.75) is 6.92 Å². The first-order valence-corrected chi connectivity index (χ1v) is 6.22. The number of ether oxygens (including phenoxy) is 1. The summed E-state index contributed by atoms with van der Waals surface area (Å²) in [7, 11) is 1.61. The van der Waals surface area contributed by atoms with E-state index in [-0.39, 0.29) is 0 Å². The van der Waals surface area contributed by atoms with Gasteiger partial charge in [0.2, 0.25) is 0 Å². The van der Waals surface area contributed by atoms with Gasteiger partial charge in [-0.25, -0.2) is 4.98 Å². The van der Waals surface area contributed by atoms with Crippen molar-refractivity contribution in [3.63, 3.8) is 0 Å². The van der Waals surface area contributed by atoms with Crippen LogP contribution in [0.5, 0.6) is 5.75 Å². The number of fused-ring (bicyclic) bond motifs is 1. The van der Waals surface area contributed by atoms with E-state index < -0.39 is 0 Å². The second-order valence-electron chi connectivity index (χ2n) is 4.49. The first kappa shape index (κ1) is 12.4. The molecule has 0 spiro atoms. The Kier molecular flexibility index (Phi) is 2.99. The van der Waals surface area contributed by atoms with Crippen LogP contribution in [0, 0.1) is 6.92 Å². The zero-order valence-electron chi connectivity index (χ0n) is 11.2. The molecule has 20 heavy (non-hydrogen) atoms. The summed E-state index contributed by atoms with van der Waals surface area (Å²) < 4.78 is 10.8. The molecule has 3 aromatic rings. The van der Waals surface area contributed by atoms with Crippen LogP contribution in [0.3, 0.4) is 0 Å². The number of aryl methyl sites for hydroxylation is 1. The summed E-state index contributed by atoms with van der Waals surface area (Å²) in [5.41, 5.74) is 3.94. The van der Waals surface area contributed by atoms with E-state index >= 15 is 0 Å². The van der Waals surface area contributed by atoms with Crippen LogP contribution in [0.15, 0.2) is 40.8 Å². The third-order valence-corrected chi connectivity index (χ3v) is 3.17. The number of carbonyl (C=O) groups is 1. The number of carbonyl (C=O) groups excluding carboxylic acids is 1. The number of hydrogen-bond donors (Lipinski definition) is 0. The van der Waals surface area contributed by atoms with Gasteiger partial charge in [-0.1, -0.05) is 6.07 Å². The Balaban J connectivity index is 2.20. The summed E-state index contributed by atoms with van der Waals surface area (Å²) in [5.74, 6) is 1.35. The zero-order chi connectivity index (χ0) is 14.1. The molecule has 0 unspecified atom stereocenters. The predicted octanol–water partition coefficient (Wildman–Crippen LogP) is 3.62. The van der Waals surface area contributed by atoms with Crippen LogP contribution in [-0.4, -0.2) is 18.4 Å². The Morgan fingerprint density at radius 1 is 1.20 bits per heavy atom. The first-order chi connectivity index (χ1) is 9.71. The van der Waals surface area contributed by atoms with Gasteiger partial charge >= 0.3 is 0 Å². The summed E-state index contributed by atoms with van der Waals surface area (Å²) in [5, 5.41) is 0. The molecule has 3 rings (SSSR count). The van der Waals surface area contributed by atoms with Crippen LogP contribution in [0.25, 0.3) is 22.2 Å². The SMILES string of the molecule is COc1ccc(C=O)cc1-c1ccc2oc(C)nc2c1. The van der Waals surface area contributed by atoms with E-state index in [0.717, 1.165) is 34.3 Å². The van der Waals surface area contributed by atoms with Gasteiger partial charge in [-0.3, -0.25) is 4.79 Å². The molecule has 0 atom stereocenters. The monoisotopic (exact) mass is 267 g/mol. The standard InChI is InChI=1S/C16H13NO3/c1-10-17-14-8-12(4-6-16(14)20-10)13-7-11(9-18)3-5-15(13)19-2/h3-9H,1-2H3. The maximum Gasteiger partial charge on any atom is 0.192 e. The lowest BCUT2D eigenvalue weighted by molar-refractivity contribution is 0.112. The topological polar surface area (TPSA) is 52.3 Å². The fourth-order valence-electron chi connectivity index (χ4n) is 2.23. The molecule has 1 heterocycles. The zero-order valence-corrected chi connectivity index (χ0v) is 11.2. The summed E-state index contributed by atoms with van der Waals surface area (Å²) in [6.45, 7) is 1.81. The molecule has 0 fully saturated rings. The summed E-state index contributed by atoms with van der Waals surface area (Å²) in [6.07, 6.45) is 0.821. The Morgan fingerprint density at radius 3 is 2.80 bits per heavy atom. The number of oxazole rings is 1. The van der Waals surface area contributed by atoms with Crippen molar-refractivity contribution in [3.8, 4) is 16.9 Å². The molecule has 0 saturated carbocycles. The van der Waals surface area contributed by atoms with Crippen LogP contribution in [0.4, 0.5) is 0 Å². The second-order valence-corrected chi connectivity index (χ2v) is 4.49. The van der Waals surface area contributed by atoms with Gasteiger partial charge in [0, 0.05) is 18.1 Å². The molecule has 0 N–H and O–H groups in total. The van der Waals surface area contributed by atoms with E-state index in [1.54, 1.807) is 25.3 Å². The minimum Gasteiger partial charge on any atom is -0.496 e. The van der Waals surface area contributed by atoms with Crippen molar-refractivity contribution in [3.05, 3.63) is 47.9 Å². The van der Waals surface area contributed by atoms with Crippen LogP contribution >= 0.6 is 0 Å². The molecule has 0 radical (unpaired) electrons. The van der Waals surface area contributed by atoms with E-state index in [9.17, 15) is 4.79 Å². The van der Waals surface area contributed by atoms with Gasteiger partial charge in [-0.15, -0.1) is 0 Å². The molecule has 0 aliphatic heterocycles. The molecule has 0 aliphatic rings. The van der Waals surface area contributed by atoms with Crippen molar-refractivity contribution in [2.75, 3.05) is 7.11 Å². The molecule has 1 aromatic heterocycles. The van der Waals surface area contributed by atoms with Gasteiger partial charge in [-0.05, 0) is 35.9 Å². The van der Waals surface area contributed by atoms with Crippen molar-refractivity contribution < 1.29 is 13.9 Å². The quantitative estimate of drug-likeness (QED) is 0.680. The van der Waals surface area contributed by atoms with E-state index in [0.29, 0.717) is 11.5 Å². The normalized spacial score (nSPS) is 10.7. The number of aromatic nitrogens is 1. The maximum absolute atomic E-state index is 10.9. The fourth-order valence-corrected chi connectivity index (χ4v) is 2.23. The third-order valence-electron chi connectivity index (χ3n) is 3.17. The minimum atomic E-state index is 0.609. The largest absolute Gasteiger partial charge is 0.496 e. The van der Waals surface area contributed by atoms with Gasteiger partial charge < -0.3 is 9.15 Å². The predicted molar refractivity (Wildman–Crippen MR) is 76.1 cm³/mol. The summed E-state index contributed by atoms with van der Waals surface area (Å²) in [6, 6.07) is 11.1.